The van der Waals surface area contributed by atoms with Gasteiger partial charge in [-0.25, -0.2) is 0 Å². The predicted molar refractivity (Wildman–Crippen MR) is 97.4 cm³/mol. The fourth-order valence-electron chi connectivity index (χ4n) is 3.13. The lowest BCUT2D eigenvalue weighted by molar-refractivity contribution is -0.126. The summed E-state index contributed by atoms with van der Waals surface area (Å²) in [6.45, 7) is -0.0315. The second kappa shape index (κ2) is 9.73. The number of rotatable bonds is 6. The summed E-state index contributed by atoms with van der Waals surface area (Å²) in [4.78, 5) is 14.3. The minimum absolute atomic E-state index is 0.0238. The van der Waals surface area contributed by atoms with Gasteiger partial charge in [0.15, 0.2) is 18.1 Å². The Labute approximate surface area is 149 Å². The molecule has 0 atom stereocenters. The Morgan fingerprint density at radius 2 is 2.00 bits per heavy atom. The van der Waals surface area contributed by atoms with E-state index in [0.29, 0.717) is 17.5 Å². The van der Waals surface area contributed by atoms with Crippen LogP contribution >= 0.6 is 0 Å². The SMILES string of the molecule is COc1cc(/C=C/C(=O)N(C)C2CCCCCC2)ccc1OCC#N. The van der Waals surface area contributed by atoms with Crippen molar-refractivity contribution in [3.63, 3.8) is 0 Å². The molecule has 5 heteroatoms. The molecule has 1 aliphatic rings. The molecule has 0 unspecified atom stereocenters. The highest BCUT2D eigenvalue weighted by molar-refractivity contribution is 5.91. The predicted octanol–water partition coefficient (Wildman–Crippen LogP) is 3.79. The van der Waals surface area contributed by atoms with E-state index in [9.17, 15) is 4.79 Å². The molecule has 0 aliphatic heterocycles. The Balaban J connectivity index is 2.02. The number of ether oxygens (including phenoxy) is 2. The van der Waals surface area contributed by atoms with Gasteiger partial charge in [-0.1, -0.05) is 31.7 Å². The maximum Gasteiger partial charge on any atom is 0.246 e. The standard InChI is InChI=1S/C20H26N2O3/c1-22(17-7-5-3-4-6-8-17)20(23)12-10-16-9-11-18(25-14-13-21)19(15-16)24-2/h9-12,15,17H,3-8,14H2,1-2H3/b12-10+. The van der Waals surface area contributed by atoms with Crippen LogP contribution in [-0.2, 0) is 4.79 Å². The van der Waals surface area contributed by atoms with Crippen LogP contribution < -0.4 is 9.47 Å². The second-order valence-corrected chi connectivity index (χ2v) is 6.28. The molecule has 0 heterocycles. The molecular weight excluding hydrogens is 316 g/mol. The average molecular weight is 342 g/mol. The maximum absolute atomic E-state index is 12.4. The van der Waals surface area contributed by atoms with Gasteiger partial charge in [0, 0.05) is 19.2 Å². The van der Waals surface area contributed by atoms with Crippen LogP contribution in [0.1, 0.15) is 44.1 Å². The number of likely N-dealkylation sites (N-methyl/N-ethyl adjacent to an activating group) is 1. The molecule has 0 N–H and O–H groups in total. The van der Waals surface area contributed by atoms with Crippen molar-refractivity contribution in [1.29, 1.82) is 5.26 Å². The third-order valence-electron chi connectivity index (χ3n) is 4.62. The Morgan fingerprint density at radius 3 is 2.64 bits per heavy atom. The Morgan fingerprint density at radius 1 is 1.28 bits per heavy atom. The van der Waals surface area contributed by atoms with E-state index < -0.39 is 0 Å². The van der Waals surface area contributed by atoms with E-state index in [1.54, 1.807) is 31.4 Å². The molecule has 0 aromatic heterocycles. The van der Waals surface area contributed by atoms with Gasteiger partial charge in [0.1, 0.15) is 6.07 Å². The van der Waals surface area contributed by atoms with Crippen molar-refractivity contribution in [1.82, 2.24) is 4.90 Å². The summed E-state index contributed by atoms with van der Waals surface area (Å²) in [6.07, 6.45) is 10.5. The van der Waals surface area contributed by atoms with Crippen LogP contribution in [0.2, 0.25) is 0 Å². The van der Waals surface area contributed by atoms with Crippen molar-refractivity contribution < 1.29 is 14.3 Å². The average Bonchev–Trinajstić information content (AvgIpc) is 2.93. The van der Waals surface area contributed by atoms with Gasteiger partial charge in [-0.3, -0.25) is 4.79 Å². The summed E-state index contributed by atoms with van der Waals surface area (Å²) in [5.74, 6) is 1.08. The Bertz CT molecular complexity index is 641. The normalized spacial score (nSPS) is 15.4. The minimum atomic E-state index is -0.0315. The first-order valence-corrected chi connectivity index (χ1v) is 8.78. The smallest absolute Gasteiger partial charge is 0.246 e. The first kappa shape index (κ1) is 18.9. The number of amides is 1. The molecule has 1 saturated carbocycles. The topological polar surface area (TPSA) is 62.6 Å². The van der Waals surface area contributed by atoms with Gasteiger partial charge in [0.2, 0.25) is 5.91 Å². The van der Waals surface area contributed by atoms with Crippen LogP contribution in [0, 0.1) is 11.3 Å². The number of nitrogens with zero attached hydrogens (tertiary/aromatic N) is 2. The van der Waals surface area contributed by atoms with Crippen LogP contribution in [0.25, 0.3) is 6.08 Å². The highest BCUT2D eigenvalue weighted by Crippen LogP contribution is 2.28. The molecule has 0 radical (unpaired) electrons. The summed E-state index contributed by atoms with van der Waals surface area (Å²) in [6, 6.07) is 7.65. The Hall–Kier alpha value is -2.48. The summed E-state index contributed by atoms with van der Waals surface area (Å²) in [5, 5.41) is 8.60. The first-order chi connectivity index (χ1) is 12.2. The maximum atomic E-state index is 12.4. The van der Waals surface area contributed by atoms with E-state index in [1.165, 1.54) is 25.7 Å². The van der Waals surface area contributed by atoms with Crippen molar-refractivity contribution in [3.05, 3.63) is 29.8 Å². The lowest BCUT2D eigenvalue weighted by Crippen LogP contribution is -2.35. The van der Waals surface area contributed by atoms with E-state index in [-0.39, 0.29) is 12.5 Å². The molecule has 1 aromatic rings. The van der Waals surface area contributed by atoms with E-state index in [0.717, 1.165) is 18.4 Å². The van der Waals surface area contributed by atoms with Gasteiger partial charge in [-0.05, 0) is 36.6 Å². The molecule has 0 bridgehead atoms. The van der Waals surface area contributed by atoms with Gasteiger partial charge in [0.05, 0.1) is 7.11 Å². The van der Waals surface area contributed by atoms with Crippen molar-refractivity contribution >= 4 is 12.0 Å². The second-order valence-electron chi connectivity index (χ2n) is 6.28. The number of carbonyl (C=O) groups is 1. The minimum Gasteiger partial charge on any atom is -0.493 e. The van der Waals surface area contributed by atoms with Gasteiger partial charge in [0.25, 0.3) is 0 Å². The summed E-state index contributed by atoms with van der Waals surface area (Å²) >= 11 is 0. The Kier molecular flexibility index (Phi) is 7.34. The van der Waals surface area contributed by atoms with Gasteiger partial charge < -0.3 is 14.4 Å². The largest absolute Gasteiger partial charge is 0.493 e. The number of benzene rings is 1. The lowest BCUT2D eigenvalue weighted by atomic mass is 10.1. The van der Waals surface area contributed by atoms with Crippen molar-refractivity contribution in [2.24, 2.45) is 0 Å². The molecule has 25 heavy (non-hydrogen) atoms. The highest BCUT2D eigenvalue weighted by Gasteiger charge is 2.19. The van der Waals surface area contributed by atoms with Gasteiger partial charge in [-0.2, -0.15) is 5.26 Å². The number of nitriles is 1. The number of carbonyl (C=O) groups excluding carboxylic acids is 1. The van der Waals surface area contributed by atoms with Crippen molar-refractivity contribution in [2.45, 2.75) is 44.6 Å². The molecule has 1 amide bonds. The molecule has 5 nitrogen and oxygen atoms in total. The molecule has 1 fully saturated rings. The fourth-order valence-corrected chi connectivity index (χ4v) is 3.13. The zero-order chi connectivity index (χ0) is 18.1. The number of hydrogen-bond donors (Lipinski definition) is 0. The van der Waals surface area contributed by atoms with Crippen LogP contribution in [-0.4, -0.2) is 37.6 Å². The van der Waals surface area contributed by atoms with Crippen molar-refractivity contribution in [3.8, 4) is 17.6 Å². The van der Waals surface area contributed by atoms with E-state index in [4.69, 9.17) is 14.7 Å². The van der Waals surface area contributed by atoms with Crippen LogP contribution in [0.4, 0.5) is 0 Å². The zero-order valence-electron chi connectivity index (χ0n) is 15.0. The molecular formula is C20H26N2O3. The third-order valence-corrected chi connectivity index (χ3v) is 4.62. The summed E-state index contributed by atoms with van der Waals surface area (Å²) < 4.78 is 10.6. The summed E-state index contributed by atoms with van der Waals surface area (Å²) in [7, 11) is 3.44. The van der Waals surface area contributed by atoms with Crippen LogP contribution in [0.15, 0.2) is 24.3 Å². The fraction of sp³-hybridized carbons (Fsp3) is 0.500. The number of methoxy groups -OCH3 is 1. The molecule has 134 valence electrons. The lowest BCUT2D eigenvalue weighted by Gasteiger charge is -2.26. The van der Waals surface area contributed by atoms with Crippen LogP contribution in [0.5, 0.6) is 11.5 Å². The highest BCUT2D eigenvalue weighted by atomic mass is 16.5. The monoisotopic (exact) mass is 342 g/mol. The third kappa shape index (κ3) is 5.53. The quantitative estimate of drug-likeness (QED) is 0.583. The molecule has 2 rings (SSSR count). The number of hydrogen-bond acceptors (Lipinski definition) is 4. The van der Waals surface area contributed by atoms with E-state index >= 15 is 0 Å². The zero-order valence-corrected chi connectivity index (χ0v) is 15.0. The van der Waals surface area contributed by atoms with Crippen LogP contribution in [0.3, 0.4) is 0 Å². The molecule has 0 saturated heterocycles. The summed E-state index contributed by atoms with van der Waals surface area (Å²) in [5.41, 5.74) is 0.851. The molecule has 0 spiro atoms. The van der Waals surface area contributed by atoms with Gasteiger partial charge in [-0.15, -0.1) is 0 Å². The molecule has 1 aliphatic carbocycles. The first-order valence-electron chi connectivity index (χ1n) is 8.78. The van der Waals surface area contributed by atoms with E-state index in [1.807, 2.05) is 24.1 Å². The van der Waals surface area contributed by atoms with Crippen molar-refractivity contribution in [2.75, 3.05) is 20.8 Å². The van der Waals surface area contributed by atoms with Gasteiger partial charge >= 0.3 is 0 Å². The van der Waals surface area contributed by atoms with E-state index in [2.05, 4.69) is 0 Å². The molecule has 1 aromatic carbocycles.